The van der Waals surface area contributed by atoms with E-state index in [1.54, 1.807) is 25.4 Å². The van der Waals surface area contributed by atoms with Crippen molar-refractivity contribution in [3.8, 4) is 33.1 Å². The highest BCUT2D eigenvalue weighted by Gasteiger charge is 2.20. The van der Waals surface area contributed by atoms with Crippen molar-refractivity contribution in [3.63, 3.8) is 0 Å². The molecule has 3 rings (SSSR count). The van der Waals surface area contributed by atoms with E-state index in [0.29, 0.717) is 11.4 Å². The molecular formula is C23H25N3O5S. The number of nitrogens with one attached hydrogen (secondary N) is 1. The molecule has 0 aliphatic rings. The van der Waals surface area contributed by atoms with Crippen LogP contribution < -0.4 is 20.5 Å². The molecule has 0 unspecified atom stereocenters. The molecular weight excluding hydrogens is 430 g/mol. The first kappa shape index (κ1) is 23.2. The van der Waals surface area contributed by atoms with E-state index in [4.69, 9.17) is 20.3 Å². The van der Waals surface area contributed by atoms with Crippen LogP contribution in [0.2, 0.25) is 0 Å². The van der Waals surface area contributed by atoms with Crippen LogP contribution in [0.3, 0.4) is 0 Å². The number of nitrogens with two attached hydrogens (primary N) is 1. The summed E-state index contributed by atoms with van der Waals surface area (Å²) in [4.78, 5) is 24.2. The van der Waals surface area contributed by atoms with Crippen LogP contribution in [0.5, 0.6) is 11.5 Å². The van der Waals surface area contributed by atoms with Gasteiger partial charge in [0.15, 0.2) is 0 Å². The molecule has 1 atom stereocenters. The highest BCUT2D eigenvalue weighted by molar-refractivity contribution is 7.10. The van der Waals surface area contributed by atoms with E-state index in [2.05, 4.69) is 15.8 Å². The van der Waals surface area contributed by atoms with Crippen LogP contribution in [-0.2, 0) is 9.59 Å². The Bertz CT molecular complexity index is 1160. The predicted octanol–water partition coefficient (Wildman–Crippen LogP) is 3.85. The minimum Gasteiger partial charge on any atom is -0.496 e. The van der Waals surface area contributed by atoms with Crippen LogP contribution in [0.25, 0.3) is 21.6 Å². The second kappa shape index (κ2) is 9.80. The van der Waals surface area contributed by atoms with Gasteiger partial charge >= 0.3 is 5.97 Å². The number of anilines is 1. The number of carbonyl (C=O) groups is 2. The van der Waals surface area contributed by atoms with E-state index in [1.807, 2.05) is 26.0 Å². The Labute approximate surface area is 190 Å². The van der Waals surface area contributed by atoms with E-state index in [9.17, 15) is 9.59 Å². The summed E-state index contributed by atoms with van der Waals surface area (Å²) in [7, 11) is 3.13. The first-order chi connectivity index (χ1) is 15.2. The molecule has 8 nitrogen and oxygen atoms in total. The summed E-state index contributed by atoms with van der Waals surface area (Å²) in [5.74, 6) is -0.520. The highest BCUT2D eigenvalue weighted by Crippen LogP contribution is 2.40. The lowest BCUT2D eigenvalue weighted by Gasteiger charge is -2.15. The predicted molar refractivity (Wildman–Crippen MR) is 124 cm³/mol. The molecule has 1 amide bonds. The van der Waals surface area contributed by atoms with Crippen molar-refractivity contribution in [3.05, 3.63) is 47.7 Å². The number of hydrogen-bond acceptors (Lipinski definition) is 7. The molecule has 3 aromatic rings. The second-order valence-corrected chi connectivity index (χ2v) is 8.10. The summed E-state index contributed by atoms with van der Waals surface area (Å²) in [6, 6.07) is 8.26. The summed E-state index contributed by atoms with van der Waals surface area (Å²) in [6.07, 6.45) is 1.30. The number of aryl methyl sites for hydroxylation is 1. The molecule has 32 heavy (non-hydrogen) atoms. The fourth-order valence-electron chi connectivity index (χ4n) is 3.30. The minimum atomic E-state index is -1.18. The number of aliphatic carboxylic acids is 1. The third kappa shape index (κ3) is 4.90. The first-order valence-electron chi connectivity index (χ1n) is 9.82. The standard InChI is InChI=1S/C23H25N3O5S/c1-12-7-15(9-20(31-4)13(12)2)22-16(11-25-32-22)14-5-6-19(30-3)18(8-14)26-23(29)17(24)10-21(27)28/h5-9,11,17H,10,24H2,1-4H3,(H,26,29)(H,27,28)/t17-/m0/s1. The fraction of sp³-hybridized carbons (Fsp3) is 0.261. The second-order valence-electron chi connectivity index (χ2n) is 7.30. The smallest absolute Gasteiger partial charge is 0.305 e. The van der Waals surface area contributed by atoms with Gasteiger partial charge in [0.1, 0.15) is 11.5 Å². The topological polar surface area (TPSA) is 124 Å². The molecule has 1 heterocycles. The quantitative estimate of drug-likeness (QED) is 0.471. The zero-order chi connectivity index (χ0) is 23.4. The van der Waals surface area contributed by atoms with E-state index in [1.165, 1.54) is 18.6 Å². The SMILES string of the molecule is COc1ccc(-c2cnsc2-c2cc(C)c(C)c(OC)c2)cc1NC(=O)[C@@H](N)CC(=O)O. The van der Waals surface area contributed by atoms with Crippen molar-refractivity contribution in [2.45, 2.75) is 26.3 Å². The minimum absolute atomic E-state index is 0.394. The van der Waals surface area contributed by atoms with Gasteiger partial charge in [0.25, 0.3) is 0 Å². The molecule has 9 heteroatoms. The van der Waals surface area contributed by atoms with E-state index < -0.39 is 24.3 Å². The Morgan fingerprint density at radius 1 is 1.12 bits per heavy atom. The summed E-state index contributed by atoms with van der Waals surface area (Å²) < 4.78 is 15.2. The number of benzene rings is 2. The normalized spacial score (nSPS) is 11.7. The van der Waals surface area contributed by atoms with E-state index >= 15 is 0 Å². The van der Waals surface area contributed by atoms with E-state index in [0.717, 1.165) is 38.4 Å². The maximum atomic E-state index is 12.4. The Morgan fingerprint density at radius 3 is 2.50 bits per heavy atom. The lowest BCUT2D eigenvalue weighted by atomic mass is 9.99. The molecule has 0 fully saturated rings. The van der Waals surface area contributed by atoms with Gasteiger partial charge in [0.05, 0.1) is 37.2 Å². The first-order valence-corrected chi connectivity index (χ1v) is 10.6. The lowest BCUT2D eigenvalue weighted by molar-refractivity contribution is -0.138. The van der Waals surface area contributed by atoms with Gasteiger partial charge in [0.2, 0.25) is 5.91 Å². The maximum Gasteiger partial charge on any atom is 0.305 e. The Kier molecular flexibility index (Phi) is 7.12. The Hall–Kier alpha value is -3.43. The molecule has 1 aromatic heterocycles. The number of carboxylic acids is 1. The number of carbonyl (C=O) groups excluding carboxylic acids is 1. The van der Waals surface area contributed by atoms with Gasteiger partial charge in [-0.15, -0.1) is 0 Å². The number of ether oxygens (including phenoxy) is 2. The maximum absolute atomic E-state index is 12.4. The molecule has 0 radical (unpaired) electrons. The highest BCUT2D eigenvalue weighted by atomic mass is 32.1. The number of methoxy groups -OCH3 is 2. The van der Waals surface area contributed by atoms with Gasteiger partial charge in [-0.1, -0.05) is 12.1 Å². The van der Waals surface area contributed by atoms with Gasteiger partial charge in [-0.2, -0.15) is 4.37 Å². The van der Waals surface area contributed by atoms with Crippen molar-refractivity contribution < 1.29 is 24.2 Å². The van der Waals surface area contributed by atoms with E-state index in [-0.39, 0.29) is 0 Å². The summed E-state index contributed by atoms with van der Waals surface area (Å²) in [6.45, 7) is 4.04. The van der Waals surface area contributed by atoms with Gasteiger partial charge < -0.3 is 25.6 Å². The molecule has 168 valence electrons. The molecule has 0 bridgehead atoms. The zero-order valence-electron chi connectivity index (χ0n) is 18.3. The number of hydrogen-bond donors (Lipinski definition) is 3. The third-order valence-electron chi connectivity index (χ3n) is 5.17. The van der Waals surface area contributed by atoms with Crippen LogP contribution in [-0.4, -0.2) is 41.6 Å². The molecule has 0 aliphatic carbocycles. The van der Waals surface area contributed by atoms with Crippen molar-refractivity contribution >= 4 is 29.1 Å². The van der Waals surface area contributed by atoms with Gasteiger partial charge in [-0.05, 0) is 65.8 Å². The number of carboxylic acid groups (broad SMARTS) is 1. The molecule has 0 aliphatic heterocycles. The number of rotatable bonds is 8. The molecule has 0 saturated heterocycles. The van der Waals surface area contributed by atoms with Crippen LogP contribution in [0.1, 0.15) is 17.5 Å². The summed E-state index contributed by atoms with van der Waals surface area (Å²) in [5, 5.41) is 11.6. The van der Waals surface area contributed by atoms with Gasteiger partial charge in [-0.25, -0.2) is 0 Å². The molecule has 0 spiro atoms. The monoisotopic (exact) mass is 455 g/mol. The third-order valence-corrected chi connectivity index (χ3v) is 6.02. The van der Waals surface area contributed by atoms with Gasteiger partial charge in [-0.3, -0.25) is 9.59 Å². The average Bonchev–Trinajstić information content (AvgIpc) is 3.25. The largest absolute Gasteiger partial charge is 0.496 e. The number of amides is 1. The molecule has 2 aromatic carbocycles. The molecule has 4 N–H and O–H groups in total. The van der Waals surface area contributed by atoms with Crippen molar-refractivity contribution in [2.75, 3.05) is 19.5 Å². The Balaban J connectivity index is 2.00. The van der Waals surface area contributed by atoms with Crippen LogP contribution in [0.4, 0.5) is 5.69 Å². The Morgan fingerprint density at radius 2 is 1.84 bits per heavy atom. The number of nitrogens with zero attached hydrogens (tertiary/aromatic N) is 1. The lowest BCUT2D eigenvalue weighted by Crippen LogP contribution is -2.37. The summed E-state index contributed by atoms with van der Waals surface area (Å²) in [5.41, 5.74) is 10.9. The fourth-order valence-corrected chi connectivity index (χ4v) is 4.06. The zero-order valence-corrected chi connectivity index (χ0v) is 19.1. The van der Waals surface area contributed by atoms with Crippen molar-refractivity contribution in [2.24, 2.45) is 5.73 Å². The van der Waals surface area contributed by atoms with Crippen LogP contribution >= 0.6 is 11.5 Å². The van der Waals surface area contributed by atoms with Gasteiger partial charge in [0, 0.05) is 11.8 Å². The average molecular weight is 456 g/mol. The number of aromatic nitrogens is 1. The van der Waals surface area contributed by atoms with Crippen molar-refractivity contribution in [1.82, 2.24) is 4.37 Å². The molecule has 0 saturated carbocycles. The van der Waals surface area contributed by atoms with Crippen LogP contribution in [0, 0.1) is 13.8 Å². The summed E-state index contributed by atoms with van der Waals surface area (Å²) >= 11 is 1.36. The van der Waals surface area contributed by atoms with Crippen LogP contribution in [0.15, 0.2) is 36.5 Å². The van der Waals surface area contributed by atoms with Crippen molar-refractivity contribution in [1.29, 1.82) is 0 Å².